The van der Waals surface area contributed by atoms with E-state index in [4.69, 9.17) is 4.42 Å². The number of rotatable bonds is 6. The number of anilines is 1. The van der Waals surface area contributed by atoms with Crippen LogP contribution >= 0.6 is 0 Å². The predicted octanol–water partition coefficient (Wildman–Crippen LogP) is 4.37. The van der Waals surface area contributed by atoms with E-state index in [0.717, 1.165) is 42.6 Å². The molecule has 0 unspecified atom stereocenters. The minimum Gasteiger partial charge on any atom is -0.422 e. The quantitative estimate of drug-likeness (QED) is 0.739. The highest BCUT2D eigenvalue weighted by Crippen LogP contribution is 2.25. The molecule has 1 aromatic heterocycles. The van der Waals surface area contributed by atoms with Gasteiger partial charge in [0.1, 0.15) is 5.58 Å². The minimum absolute atomic E-state index is 0.315. The van der Waals surface area contributed by atoms with Crippen molar-refractivity contribution in [3.05, 3.63) is 46.3 Å². The molecule has 0 atom stereocenters. The van der Waals surface area contributed by atoms with Gasteiger partial charge >= 0.3 is 5.63 Å². The lowest BCUT2D eigenvalue weighted by molar-refractivity contribution is 0.558. The van der Waals surface area contributed by atoms with Crippen LogP contribution in [-0.2, 0) is 0 Å². The van der Waals surface area contributed by atoms with Gasteiger partial charge in [-0.15, -0.1) is 0 Å². The Bertz CT molecular complexity index is 694. The third-order valence-corrected chi connectivity index (χ3v) is 3.75. The second kappa shape index (κ2) is 6.61. The van der Waals surface area contributed by atoms with Crippen molar-refractivity contribution in [2.75, 3.05) is 18.0 Å². The molecule has 3 nitrogen and oxygen atoms in total. The van der Waals surface area contributed by atoms with Crippen LogP contribution in [0.5, 0.6) is 0 Å². The SMILES string of the molecule is C=Cc1c(C)c2ccc(N(CCC)CCC)cc2oc1=O. The van der Waals surface area contributed by atoms with Gasteiger partial charge in [-0.2, -0.15) is 0 Å². The van der Waals surface area contributed by atoms with E-state index in [1.165, 1.54) is 0 Å². The Kier molecular flexibility index (Phi) is 4.84. The molecule has 1 heterocycles. The zero-order valence-electron chi connectivity index (χ0n) is 13.1. The van der Waals surface area contributed by atoms with Crippen molar-refractivity contribution in [3.63, 3.8) is 0 Å². The van der Waals surface area contributed by atoms with Gasteiger partial charge in [-0.05, 0) is 37.5 Å². The molecule has 1 aromatic carbocycles. The second-order valence-electron chi connectivity index (χ2n) is 5.30. The highest BCUT2D eigenvalue weighted by molar-refractivity contribution is 5.85. The lowest BCUT2D eigenvalue weighted by Crippen LogP contribution is -2.24. The first-order valence-corrected chi connectivity index (χ1v) is 7.57. The fraction of sp³-hybridized carbons (Fsp3) is 0.389. The standard InChI is InChI=1S/C18H23NO2/c1-5-10-19(11-6-2)14-8-9-16-13(4)15(7-3)18(20)21-17(16)12-14/h7-9,12H,3,5-6,10-11H2,1-2,4H3. The maximum atomic E-state index is 12.0. The maximum absolute atomic E-state index is 12.0. The average molecular weight is 285 g/mol. The summed E-state index contributed by atoms with van der Waals surface area (Å²) in [7, 11) is 0. The van der Waals surface area contributed by atoms with Gasteiger partial charge in [-0.1, -0.05) is 26.5 Å². The van der Waals surface area contributed by atoms with Gasteiger partial charge in [-0.3, -0.25) is 0 Å². The Labute approximate surface area is 125 Å². The van der Waals surface area contributed by atoms with E-state index < -0.39 is 0 Å². The summed E-state index contributed by atoms with van der Waals surface area (Å²) in [6.45, 7) is 12.0. The molecule has 2 rings (SSSR count). The maximum Gasteiger partial charge on any atom is 0.343 e. The van der Waals surface area contributed by atoms with Gasteiger partial charge in [0.2, 0.25) is 0 Å². The molecule has 3 heteroatoms. The lowest BCUT2D eigenvalue weighted by atomic mass is 10.1. The van der Waals surface area contributed by atoms with E-state index in [0.29, 0.717) is 11.1 Å². The Morgan fingerprint density at radius 3 is 2.48 bits per heavy atom. The highest BCUT2D eigenvalue weighted by Gasteiger charge is 2.11. The summed E-state index contributed by atoms with van der Waals surface area (Å²) >= 11 is 0. The molecule has 21 heavy (non-hydrogen) atoms. The fourth-order valence-electron chi connectivity index (χ4n) is 2.70. The van der Waals surface area contributed by atoms with Crippen LogP contribution in [0, 0.1) is 6.92 Å². The monoisotopic (exact) mass is 285 g/mol. The van der Waals surface area contributed by atoms with Gasteiger partial charge in [0.05, 0.1) is 5.56 Å². The van der Waals surface area contributed by atoms with Crippen LogP contribution < -0.4 is 10.5 Å². The Morgan fingerprint density at radius 2 is 1.90 bits per heavy atom. The summed E-state index contributed by atoms with van der Waals surface area (Å²) in [4.78, 5) is 14.3. The predicted molar refractivity (Wildman–Crippen MR) is 90.1 cm³/mol. The van der Waals surface area contributed by atoms with Crippen LogP contribution in [0.1, 0.15) is 37.8 Å². The third kappa shape index (κ3) is 3.02. The molecule has 0 radical (unpaired) electrons. The summed E-state index contributed by atoms with van der Waals surface area (Å²) in [5.41, 5.74) is 2.93. The van der Waals surface area contributed by atoms with Crippen LogP contribution in [-0.4, -0.2) is 13.1 Å². The molecule has 0 bridgehead atoms. The number of aryl methyl sites for hydroxylation is 1. The van der Waals surface area contributed by atoms with E-state index in [-0.39, 0.29) is 5.63 Å². The third-order valence-electron chi connectivity index (χ3n) is 3.75. The summed E-state index contributed by atoms with van der Waals surface area (Å²) in [5.74, 6) is 0. The molecule has 0 amide bonds. The number of hydrogen-bond donors (Lipinski definition) is 0. The smallest absolute Gasteiger partial charge is 0.343 e. The van der Waals surface area contributed by atoms with E-state index in [2.05, 4.69) is 31.4 Å². The zero-order chi connectivity index (χ0) is 15.4. The molecule has 0 aliphatic rings. The number of benzene rings is 1. The van der Waals surface area contributed by atoms with Crippen LogP contribution in [0.2, 0.25) is 0 Å². The largest absolute Gasteiger partial charge is 0.422 e. The molecule has 0 saturated heterocycles. The van der Waals surface area contributed by atoms with Gasteiger partial charge in [-0.25, -0.2) is 4.79 Å². The first-order chi connectivity index (χ1) is 10.1. The summed E-state index contributed by atoms with van der Waals surface area (Å²) < 4.78 is 5.46. The van der Waals surface area contributed by atoms with Crippen molar-refractivity contribution in [2.24, 2.45) is 0 Å². The van der Waals surface area contributed by atoms with Gasteiger partial charge in [0, 0.05) is 30.2 Å². The summed E-state index contributed by atoms with van der Waals surface area (Å²) in [6, 6.07) is 6.11. The van der Waals surface area contributed by atoms with Crippen molar-refractivity contribution < 1.29 is 4.42 Å². The number of hydrogen-bond acceptors (Lipinski definition) is 3. The van der Waals surface area contributed by atoms with Crippen LogP contribution in [0.25, 0.3) is 17.0 Å². The second-order valence-corrected chi connectivity index (χ2v) is 5.30. The highest BCUT2D eigenvalue weighted by atomic mass is 16.4. The van der Waals surface area contributed by atoms with Gasteiger partial charge in [0.25, 0.3) is 0 Å². The van der Waals surface area contributed by atoms with Crippen molar-refractivity contribution in [1.29, 1.82) is 0 Å². The normalized spacial score (nSPS) is 10.8. The molecule has 112 valence electrons. The van der Waals surface area contributed by atoms with E-state index in [1.807, 2.05) is 19.1 Å². The van der Waals surface area contributed by atoms with E-state index in [9.17, 15) is 4.79 Å². The van der Waals surface area contributed by atoms with Gasteiger partial charge < -0.3 is 9.32 Å². The minimum atomic E-state index is -0.315. The fourth-order valence-corrected chi connectivity index (χ4v) is 2.70. The van der Waals surface area contributed by atoms with Gasteiger partial charge in [0.15, 0.2) is 0 Å². The van der Waals surface area contributed by atoms with Crippen molar-refractivity contribution in [3.8, 4) is 0 Å². The van der Waals surface area contributed by atoms with Crippen LogP contribution in [0.4, 0.5) is 5.69 Å². The first kappa shape index (κ1) is 15.4. The molecule has 0 aliphatic carbocycles. The Hall–Kier alpha value is -2.03. The van der Waals surface area contributed by atoms with Crippen molar-refractivity contribution >= 4 is 22.7 Å². The first-order valence-electron chi connectivity index (χ1n) is 7.57. The average Bonchev–Trinajstić information content (AvgIpc) is 2.47. The number of fused-ring (bicyclic) bond motifs is 1. The lowest BCUT2D eigenvalue weighted by Gasteiger charge is -2.24. The molecule has 0 saturated carbocycles. The summed E-state index contributed by atoms with van der Waals surface area (Å²) in [6.07, 6.45) is 3.75. The molecule has 0 N–H and O–H groups in total. The van der Waals surface area contributed by atoms with Crippen molar-refractivity contribution in [2.45, 2.75) is 33.6 Å². The molecule has 0 spiro atoms. The van der Waals surface area contributed by atoms with Crippen LogP contribution in [0.3, 0.4) is 0 Å². The molecule has 2 aromatic rings. The number of nitrogens with zero attached hydrogens (tertiary/aromatic N) is 1. The van der Waals surface area contributed by atoms with E-state index >= 15 is 0 Å². The Morgan fingerprint density at radius 1 is 1.24 bits per heavy atom. The topological polar surface area (TPSA) is 33.5 Å². The Balaban J connectivity index is 2.56. The summed E-state index contributed by atoms with van der Waals surface area (Å²) in [5, 5.41) is 0.973. The van der Waals surface area contributed by atoms with Crippen molar-refractivity contribution in [1.82, 2.24) is 0 Å². The zero-order valence-corrected chi connectivity index (χ0v) is 13.1. The van der Waals surface area contributed by atoms with Crippen LogP contribution in [0.15, 0.2) is 34.0 Å². The molecule has 0 fully saturated rings. The molecular formula is C18H23NO2. The van der Waals surface area contributed by atoms with E-state index in [1.54, 1.807) is 6.08 Å². The molecular weight excluding hydrogens is 262 g/mol. The molecule has 0 aliphatic heterocycles.